The quantitative estimate of drug-likeness (QED) is 0.917. The Morgan fingerprint density at radius 1 is 1.41 bits per heavy atom. The van der Waals surface area contributed by atoms with Crippen molar-refractivity contribution in [3.63, 3.8) is 0 Å². The first-order valence-corrected chi connectivity index (χ1v) is 7.49. The zero-order valence-corrected chi connectivity index (χ0v) is 12.4. The van der Waals surface area contributed by atoms with E-state index in [1.807, 2.05) is 4.90 Å². The molecule has 1 N–H and O–H groups in total. The molecule has 1 amide bonds. The van der Waals surface area contributed by atoms with Gasteiger partial charge in [-0.1, -0.05) is 0 Å². The first kappa shape index (κ1) is 15.3. The van der Waals surface area contributed by atoms with Gasteiger partial charge in [0.15, 0.2) is 5.69 Å². The number of amides is 1. The van der Waals surface area contributed by atoms with E-state index in [1.165, 1.54) is 13.1 Å². The fraction of sp³-hybridized carbons (Fsp3) is 0.714. The minimum Gasteiger partial charge on any atom is -0.334 e. The smallest absolute Gasteiger partial charge is 0.334 e. The van der Waals surface area contributed by atoms with Crippen molar-refractivity contribution in [2.75, 3.05) is 13.1 Å². The Morgan fingerprint density at radius 2 is 2.14 bits per heavy atom. The molecule has 5 nitrogen and oxygen atoms in total. The molecule has 2 heterocycles. The summed E-state index contributed by atoms with van der Waals surface area (Å²) in [5.74, 6) is -0.146. The number of halogens is 3. The maximum atomic E-state index is 12.8. The summed E-state index contributed by atoms with van der Waals surface area (Å²) in [6.45, 7) is 2.86. The van der Waals surface area contributed by atoms with Crippen LogP contribution in [0, 0.1) is 6.92 Å². The van der Waals surface area contributed by atoms with Gasteiger partial charge in [-0.15, -0.1) is 0 Å². The molecule has 0 radical (unpaired) electrons. The molecule has 1 aromatic rings. The molecule has 1 aliphatic heterocycles. The highest BCUT2D eigenvalue weighted by Gasteiger charge is 2.39. The molecule has 0 spiro atoms. The lowest BCUT2D eigenvalue weighted by molar-refractivity contribution is -0.142. The van der Waals surface area contributed by atoms with Crippen molar-refractivity contribution >= 4 is 5.91 Å². The van der Waals surface area contributed by atoms with E-state index in [4.69, 9.17) is 0 Å². The van der Waals surface area contributed by atoms with Gasteiger partial charge in [0.2, 0.25) is 5.91 Å². The molecule has 1 unspecified atom stereocenters. The molecule has 0 aromatic carbocycles. The maximum Gasteiger partial charge on any atom is 0.435 e. The largest absolute Gasteiger partial charge is 0.435 e. The first-order valence-electron chi connectivity index (χ1n) is 7.49. The number of rotatable bonds is 4. The lowest BCUT2D eigenvalue weighted by atomic mass is 10.2. The van der Waals surface area contributed by atoms with E-state index in [-0.39, 0.29) is 30.1 Å². The zero-order chi connectivity index (χ0) is 15.9. The number of nitrogens with zero attached hydrogens (tertiary/aromatic N) is 3. The van der Waals surface area contributed by atoms with Crippen molar-refractivity contribution in [3.8, 4) is 0 Å². The minimum atomic E-state index is -4.48. The summed E-state index contributed by atoms with van der Waals surface area (Å²) in [4.78, 5) is 14.4. The van der Waals surface area contributed by atoms with E-state index in [1.54, 1.807) is 0 Å². The Bertz CT molecular complexity index is 559. The number of aryl methyl sites for hydroxylation is 1. The third-order valence-electron chi connectivity index (χ3n) is 4.17. The third kappa shape index (κ3) is 3.11. The molecule has 22 heavy (non-hydrogen) atoms. The molecule has 2 fully saturated rings. The Kier molecular flexibility index (Phi) is 3.88. The number of alkyl halides is 3. The fourth-order valence-electron chi connectivity index (χ4n) is 3.04. The average Bonchev–Trinajstić information content (AvgIpc) is 2.94. The van der Waals surface area contributed by atoms with Crippen LogP contribution in [0.5, 0.6) is 0 Å². The minimum absolute atomic E-state index is 0.0424. The van der Waals surface area contributed by atoms with Crippen LogP contribution in [0.1, 0.15) is 30.5 Å². The van der Waals surface area contributed by atoms with Gasteiger partial charge in [-0.05, 0) is 38.3 Å². The number of hydrogen-bond acceptors (Lipinski definition) is 3. The summed E-state index contributed by atoms with van der Waals surface area (Å²) in [6, 6.07) is 0.398. The molecular weight excluding hydrogens is 297 g/mol. The second-order valence-corrected chi connectivity index (χ2v) is 6.03. The van der Waals surface area contributed by atoms with E-state index >= 15 is 0 Å². The van der Waals surface area contributed by atoms with Crippen LogP contribution in [-0.2, 0) is 17.5 Å². The molecule has 122 valence electrons. The van der Waals surface area contributed by atoms with Crippen molar-refractivity contribution in [2.24, 2.45) is 0 Å². The first-order chi connectivity index (χ1) is 10.4. The predicted octanol–water partition coefficient (Wildman–Crippen LogP) is 1.56. The van der Waals surface area contributed by atoms with Gasteiger partial charge in [-0.2, -0.15) is 18.3 Å². The van der Waals surface area contributed by atoms with E-state index < -0.39 is 11.9 Å². The molecule has 8 heteroatoms. The van der Waals surface area contributed by atoms with Crippen LogP contribution in [-0.4, -0.2) is 45.8 Å². The molecule has 1 aliphatic carbocycles. The number of aromatic nitrogens is 2. The number of nitrogens with one attached hydrogen (secondary N) is 1. The highest BCUT2D eigenvalue weighted by atomic mass is 19.4. The van der Waals surface area contributed by atoms with E-state index in [0.29, 0.717) is 0 Å². The van der Waals surface area contributed by atoms with Gasteiger partial charge >= 0.3 is 6.18 Å². The van der Waals surface area contributed by atoms with E-state index in [0.717, 1.165) is 37.0 Å². The fourth-order valence-corrected chi connectivity index (χ4v) is 3.04. The molecule has 1 aromatic heterocycles. The molecule has 1 saturated carbocycles. The van der Waals surface area contributed by atoms with Gasteiger partial charge in [0.05, 0.1) is 0 Å². The monoisotopic (exact) mass is 316 g/mol. The second-order valence-electron chi connectivity index (χ2n) is 6.03. The zero-order valence-electron chi connectivity index (χ0n) is 12.4. The van der Waals surface area contributed by atoms with Gasteiger partial charge < -0.3 is 10.2 Å². The standard InChI is InChI=1S/C14H19F3N4O/c1-9-7-20(19-13(9)14(15,16)17)8-12(22)21(10-2-3-10)11-4-5-18-6-11/h7,10-11,18H,2-6,8H2,1H3. The van der Waals surface area contributed by atoms with Gasteiger partial charge in [-0.25, -0.2) is 0 Å². The van der Waals surface area contributed by atoms with Crippen LogP contribution in [0.4, 0.5) is 13.2 Å². The van der Waals surface area contributed by atoms with Gasteiger partial charge in [-0.3, -0.25) is 9.48 Å². The lowest BCUT2D eigenvalue weighted by Gasteiger charge is -2.28. The Hall–Kier alpha value is -1.57. The Labute approximate surface area is 126 Å². The van der Waals surface area contributed by atoms with Gasteiger partial charge in [0, 0.05) is 24.8 Å². The number of carbonyl (C=O) groups excluding carboxylic acids is 1. The van der Waals surface area contributed by atoms with Crippen molar-refractivity contribution in [1.29, 1.82) is 0 Å². The lowest BCUT2D eigenvalue weighted by Crippen LogP contribution is -2.44. The Morgan fingerprint density at radius 3 is 2.64 bits per heavy atom. The topological polar surface area (TPSA) is 50.2 Å². The summed E-state index contributed by atoms with van der Waals surface area (Å²) >= 11 is 0. The summed E-state index contributed by atoms with van der Waals surface area (Å²) in [5.41, 5.74) is -0.874. The highest BCUT2D eigenvalue weighted by Crippen LogP contribution is 2.32. The highest BCUT2D eigenvalue weighted by molar-refractivity contribution is 5.77. The SMILES string of the molecule is Cc1cn(CC(=O)N(C2CC2)C2CCNC2)nc1C(F)(F)F. The van der Waals surface area contributed by atoms with Crippen LogP contribution in [0.15, 0.2) is 6.20 Å². The van der Waals surface area contributed by atoms with Crippen LogP contribution in [0.2, 0.25) is 0 Å². The molecule has 3 rings (SSSR count). The number of carbonyl (C=O) groups is 1. The second kappa shape index (κ2) is 5.57. The number of hydrogen-bond donors (Lipinski definition) is 1. The molecule has 1 atom stereocenters. The Balaban J connectivity index is 1.72. The van der Waals surface area contributed by atoms with Crippen LogP contribution >= 0.6 is 0 Å². The van der Waals surface area contributed by atoms with Crippen LogP contribution < -0.4 is 5.32 Å². The molecule has 2 aliphatic rings. The van der Waals surface area contributed by atoms with E-state index in [2.05, 4.69) is 10.4 Å². The van der Waals surface area contributed by atoms with Crippen molar-refractivity contribution < 1.29 is 18.0 Å². The van der Waals surface area contributed by atoms with Crippen molar-refractivity contribution in [3.05, 3.63) is 17.5 Å². The summed E-state index contributed by atoms with van der Waals surface area (Å²) < 4.78 is 39.4. The summed E-state index contributed by atoms with van der Waals surface area (Å²) in [5, 5.41) is 6.76. The van der Waals surface area contributed by atoms with Crippen LogP contribution in [0.3, 0.4) is 0 Å². The van der Waals surface area contributed by atoms with E-state index in [9.17, 15) is 18.0 Å². The van der Waals surface area contributed by atoms with Crippen molar-refractivity contribution in [1.82, 2.24) is 20.0 Å². The summed E-state index contributed by atoms with van der Waals surface area (Å²) in [6.07, 6.45) is -0.334. The van der Waals surface area contributed by atoms with Gasteiger partial charge in [0.25, 0.3) is 0 Å². The maximum absolute atomic E-state index is 12.8. The predicted molar refractivity (Wildman–Crippen MR) is 73.1 cm³/mol. The third-order valence-corrected chi connectivity index (χ3v) is 4.17. The van der Waals surface area contributed by atoms with Crippen molar-refractivity contribution in [2.45, 2.75) is 51.0 Å². The normalized spacial score (nSPS) is 22.1. The van der Waals surface area contributed by atoms with Crippen LogP contribution in [0.25, 0.3) is 0 Å². The molecular formula is C14H19F3N4O. The molecule has 0 bridgehead atoms. The average molecular weight is 316 g/mol. The summed E-state index contributed by atoms with van der Waals surface area (Å²) in [7, 11) is 0. The van der Waals surface area contributed by atoms with Gasteiger partial charge in [0.1, 0.15) is 6.54 Å². The molecule has 1 saturated heterocycles.